The third kappa shape index (κ3) is 33.8. The maximum Gasteiger partial charge on any atom is 0.228 e. The topological polar surface area (TPSA) is 422 Å². The first-order valence-corrected chi connectivity index (χ1v) is 41.3. The number of alkyl halides is 5. The number of hydrogen-bond donors (Lipinski definition) is 11. The molecule has 5 heterocycles. The van der Waals surface area contributed by atoms with Crippen molar-refractivity contribution in [3.05, 3.63) is 195 Å². The first-order chi connectivity index (χ1) is 57.1. The molecule has 28 nitrogen and oxygen atoms in total. The van der Waals surface area contributed by atoms with Crippen LogP contribution in [0.4, 0.5) is 81.4 Å². The summed E-state index contributed by atoms with van der Waals surface area (Å²) in [5.74, 6) is 4.05. The van der Waals surface area contributed by atoms with E-state index in [1.54, 1.807) is 36.4 Å². The van der Waals surface area contributed by atoms with Gasteiger partial charge in [-0.2, -0.15) is 74.8 Å². The molecule has 652 valence electrons. The summed E-state index contributed by atoms with van der Waals surface area (Å²) in [6.45, 7) is 20.2. The molecule has 2 aliphatic carbocycles. The minimum Gasteiger partial charge on any atom is -0.491 e. The highest BCUT2D eigenvalue weighted by Gasteiger charge is 2.34. The van der Waals surface area contributed by atoms with Crippen LogP contribution in [0.3, 0.4) is 0 Å². The van der Waals surface area contributed by atoms with Crippen LogP contribution in [-0.4, -0.2) is 123 Å². The molecule has 5 aromatic heterocycles. The normalized spacial score (nSPS) is 14.1. The van der Waals surface area contributed by atoms with Gasteiger partial charge in [0.05, 0.1) is 18.7 Å². The molecule has 0 spiro atoms. The van der Waals surface area contributed by atoms with Gasteiger partial charge in [-0.25, -0.2) is 22.0 Å². The molecule has 5 atom stereocenters. The van der Waals surface area contributed by atoms with Crippen LogP contribution in [0.25, 0.3) is 0 Å². The second-order valence-electron chi connectivity index (χ2n) is 32.4. The van der Waals surface area contributed by atoms with Crippen molar-refractivity contribution in [3.63, 3.8) is 0 Å². The first-order valence-electron chi connectivity index (χ1n) is 40.5. The van der Waals surface area contributed by atoms with Gasteiger partial charge >= 0.3 is 0 Å². The predicted molar refractivity (Wildman–Crippen MR) is 469 cm³/mol. The van der Waals surface area contributed by atoms with Gasteiger partial charge in [0.15, 0.2) is 57.5 Å². The van der Waals surface area contributed by atoms with Gasteiger partial charge in [0.2, 0.25) is 59.5 Å². The molecule has 0 saturated heterocycles. The number of hydrogen-bond acceptors (Lipinski definition) is 28. The van der Waals surface area contributed by atoms with Crippen molar-refractivity contribution >= 4 is 82.7 Å². The lowest BCUT2D eigenvalue weighted by Gasteiger charge is -2.34. The average Bonchev–Trinajstić information content (AvgIpc) is 1.41. The molecule has 2 saturated carbocycles. The average molecular weight is 1710 g/mol. The molecule has 0 amide bonds. The van der Waals surface area contributed by atoms with E-state index in [1.807, 2.05) is 50.2 Å². The molecule has 0 aliphatic heterocycles. The van der Waals surface area contributed by atoms with Crippen molar-refractivity contribution in [2.24, 2.45) is 11.8 Å². The van der Waals surface area contributed by atoms with Crippen molar-refractivity contribution in [1.82, 2.24) is 74.8 Å². The molecule has 0 bridgehead atoms. The van der Waals surface area contributed by atoms with Crippen LogP contribution >= 0.6 is 23.2 Å². The van der Waals surface area contributed by atoms with Gasteiger partial charge in [-0.1, -0.05) is 134 Å². The molecular formula is C86H116Cl2F5N25O3. The molecular weight excluding hydrogens is 1600 g/mol. The lowest BCUT2D eigenvalue weighted by molar-refractivity contribution is 0.206. The Morgan fingerprint density at radius 2 is 0.736 bits per heavy atom. The second kappa shape index (κ2) is 44.5. The number of nitrogens with zero attached hydrogens (tertiary/aromatic N) is 15. The zero-order valence-corrected chi connectivity index (χ0v) is 72.6. The summed E-state index contributed by atoms with van der Waals surface area (Å²) >= 11 is 11.9. The number of ether oxygens (including phenoxy) is 2. The van der Waals surface area contributed by atoms with Crippen LogP contribution in [-0.2, 0) is 54.2 Å². The molecule has 35 heteroatoms. The summed E-state index contributed by atoms with van der Waals surface area (Å²) in [6.07, 6.45) is 14.0. The van der Waals surface area contributed by atoms with E-state index < -0.39 is 28.3 Å². The van der Waals surface area contributed by atoms with Crippen molar-refractivity contribution in [2.75, 3.05) is 68.5 Å². The summed E-state index contributed by atoms with van der Waals surface area (Å²) in [6, 6.07) is 43.7. The fourth-order valence-corrected chi connectivity index (χ4v) is 12.6. The Bertz CT molecular complexity index is 4830. The van der Waals surface area contributed by atoms with Crippen molar-refractivity contribution < 1.29 is 36.5 Å². The zero-order valence-electron chi connectivity index (χ0n) is 71.1. The number of rotatable bonds is 35. The summed E-state index contributed by atoms with van der Waals surface area (Å²) in [5.41, 5.74) is 24.6. The van der Waals surface area contributed by atoms with Crippen molar-refractivity contribution in [2.45, 2.75) is 239 Å². The number of aliphatic hydroxyl groups excluding tert-OH is 1. The highest BCUT2D eigenvalue weighted by molar-refractivity contribution is 6.31. The Morgan fingerprint density at radius 3 is 1.09 bits per heavy atom. The number of anilines is 10. The first kappa shape index (κ1) is 95.4. The number of nitrogen functional groups attached to an aromatic ring is 5. The van der Waals surface area contributed by atoms with Gasteiger partial charge in [0.1, 0.15) is 24.7 Å². The lowest BCUT2D eigenvalue weighted by Crippen LogP contribution is -2.35. The van der Waals surface area contributed by atoms with E-state index in [4.69, 9.17) is 61.3 Å². The van der Waals surface area contributed by atoms with E-state index in [0.717, 1.165) is 51.4 Å². The van der Waals surface area contributed by atoms with Gasteiger partial charge in [0.25, 0.3) is 0 Å². The number of halogens is 7. The van der Waals surface area contributed by atoms with Gasteiger partial charge in [-0.15, -0.1) is 0 Å². The van der Waals surface area contributed by atoms with Gasteiger partial charge in [0, 0.05) is 28.2 Å². The Morgan fingerprint density at radius 1 is 0.388 bits per heavy atom. The summed E-state index contributed by atoms with van der Waals surface area (Å²) in [4.78, 5) is 60.3. The maximum absolute atomic E-state index is 14.2. The van der Waals surface area contributed by atoms with Crippen LogP contribution in [0.5, 0.6) is 11.5 Å². The highest BCUT2D eigenvalue weighted by atomic mass is 35.5. The van der Waals surface area contributed by atoms with E-state index in [0.29, 0.717) is 69.4 Å². The van der Waals surface area contributed by atoms with E-state index in [-0.39, 0.29) is 108 Å². The zero-order chi connectivity index (χ0) is 88.2. The third-order valence-electron chi connectivity index (χ3n) is 19.0. The minimum atomic E-state index is -1.73. The molecule has 16 N–H and O–H groups in total. The third-order valence-corrected chi connectivity index (χ3v) is 19.4. The maximum atomic E-state index is 14.2. The van der Waals surface area contributed by atoms with Gasteiger partial charge in [-0.3, -0.25) is 0 Å². The molecule has 2 aliphatic rings. The van der Waals surface area contributed by atoms with Crippen LogP contribution in [0.15, 0.2) is 133 Å². The number of nitrogens with one attached hydrogen (secondary N) is 5. The van der Waals surface area contributed by atoms with Gasteiger partial charge < -0.3 is 69.8 Å². The molecule has 5 aromatic carbocycles. The molecule has 0 radical (unpaired) electrons. The van der Waals surface area contributed by atoms with Crippen LogP contribution in [0.2, 0.25) is 10.0 Å². The molecule has 5 unspecified atom stereocenters. The lowest BCUT2D eigenvalue weighted by atomic mass is 9.78. The Kier molecular flexibility index (Phi) is 35.1. The fourth-order valence-electron chi connectivity index (χ4n) is 12.1. The Hall–Kier alpha value is -11.1. The highest BCUT2D eigenvalue weighted by Crippen LogP contribution is 2.38. The number of nitrogens with two attached hydrogens (primary N) is 5. The van der Waals surface area contributed by atoms with E-state index >= 15 is 0 Å². The van der Waals surface area contributed by atoms with E-state index in [1.165, 1.54) is 118 Å². The summed E-state index contributed by atoms with van der Waals surface area (Å²) < 4.78 is 81.6. The van der Waals surface area contributed by atoms with Crippen LogP contribution < -0.4 is 64.7 Å². The number of aryl methyl sites for hydroxylation is 3. The smallest absolute Gasteiger partial charge is 0.228 e. The molecule has 12 rings (SSSR count). The summed E-state index contributed by atoms with van der Waals surface area (Å²) in [7, 11) is 0. The van der Waals surface area contributed by atoms with Gasteiger partial charge in [-0.05, 0) is 231 Å². The largest absolute Gasteiger partial charge is 0.491 e. The molecule has 10 aromatic rings. The Balaban J connectivity index is 0.000000188. The van der Waals surface area contributed by atoms with Crippen LogP contribution in [0.1, 0.15) is 206 Å². The Labute approximate surface area is 715 Å². The number of aromatic nitrogens is 15. The SMILES string of the molecule is CC(C)(F)c1nc(N)nc(NC(CCCc2ccccc2)C2CC2)n1.CC(C)(F)c1nc(N)nc(NC(CCc2ccccc2)C2CCC2)n1.CC(COc1cc(Cl)cc(CO)c1)Nc1nc(N)nc(C(C)(C)F)n1.CC(COc1cccc(Cl)c1)Nc1nc(N)nc(C(C)(C)F)n1.CCC(CCc1ccccc1)Nc1nc(N)nc(C(C)(C)F)n1. The molecule has 2 fully saturated rings. The minimum absolute atomic E-state index is 0.0181. The summed E-state index contributed by atoms with van der Waals surface area (Å²) in [5, 5.41) is 26.3. The van der Waals surface area contributed by atoms with E-state index in [9.17, 15) is 27.1 Å². The quantitative estimate of drug-likeness (QED) is 0.0164. The number of benzene rings is 5. The van der Waals surface area contributed by atoms with Crippen LogP contribution in [0, 0.1) is 11.8 Å². The monoisotopic (exact) mass is 1710 g/mol. The standard InChI is InChI=1S/2C19H26FN5.C17H24FN5.C16H21ClFN5O2.C15H19ClFN5O/c1-19(2,20)16-23-17(21)25-18(24-16)22-15(14-9-6-10-14)12-11-13-7-4-3-5-8-13;1-19(2,20)16-23-17(21)25-18(24-16)22-15(14-11-12-14)10-6-9-13-7-4-3-5-8-13;1-4-13(11-10-12-8-6-5-7-9-12)20-16-22-14(17(2,3)18)21-15(19)23-16;1-9(8-25-12-5-10(7-24)4-11(17)6-12)20-15-22-13(16(2,3)18)21-14(19)23-15;1-9(8-23-11-6-4-5-10(16)7-11)19-14-21-12(15(2,3)17)20-13(18)22-14/h2*3-5,7-8,14-15H,6,9-12H2,1-2H3,(H3,21,22,23,24,25);5-9,13H,4,10-11H2,1-3H3,(H3,19,20,21,22,23);4-6,9,24H,7-8H2,1-3H3,(H3,19,20,21,22,23);4-7,9H,8H2,1-3H3,(H3,18,19,20,21,22). The van der Waals surface area contributed by atoms with E-state index in [2.05, 4.69) is 169 Å². The second-order valence-corrected chi connectivity index (χ2v) is 33.3. The predicted octanol–water partition coefficient (Wildman–Crippen LogP) is 17.1. The fraction of sp³-hybridized carbons (Fsp3) is 0.477. The molecule has 121 heavy (non-hydrogen) atoms. The van der Waals surface area contributed by atoms with Crippen molar-refractivity contribution in [1.29, 1.82) is 0 Å². The number of aliphatic hydroxyl groups is 1. The van der Waals surface area contributed by atoms with Crippen molar-refractivity contribution in [3.8, 4) is 11.5 Å².